The van der Waals surface area contributed by atoms with E-state index in [1.54, 1.807) is 4.90 Å². The van der Waals surface area contributed by atoms with Crippen LogP contribution in [0.25, 0.3) is 0 Å². The van der Waals surface area contributed by atoms with Gasteiger partial charge in [0.15, 0.2) is 5.82 Å². The van der Waals surface area contributed by atoms with Crippen molar-refractivity contribution in [1.29, 1.82) is 0 Å². The van der Waals surface area contributed by atoms with Gasteiger partial charge in [-0.3, -0.25) is 4.79 Å². The van der Waals surface area contributed by atoms with Crippen molar-refractivity contribution in [2.24, 2.45) is 0 Å². The monoisotopic (exact) mass is 258 g/mol. The Kier molecular flexibility index (Phi) is 3.54. The van der Waals surface area contributed by atoms with Crippen LogP contribution in [-0.4, -0.2) is 33.9 Å². The van der Waals surface area contributed by atoms with Crippen LogP contribution in [0.3, 0.4) is 0 Å². The molecule has 0 fully saturated rings. The van der Waals surface area contributed by atoms with Crippen LogP contribution in [0.15, 0.2) is 0 Å². The van der Waals surface area contributed by atoms with E-state index in [9.17, 15) is 9.90 Å². The van der Waals surface area contributed by atoms with E-state index in [4.69, 9.17) is 11.6 Å². The molecule has 1 aromatic rings. The first-order chi connectivity index (χ1) is 8.13. The fourth-order valence-electron chi connectivity index (χ4n) is 1.85. The molecule has 1 aliphatic heterocycles. The number of fused-ring (bicyclic) bond motifs is 1. The Labute approximate surface area is 104 Å². The van der Waals surface area contributed by atoms with Gasteiger partial charge in [-0.2, -0.15) is 4.98 Å². The number of aromatic amines is 1. The highest BCUT2D eigenvalue weighted by Gasteiger charge is 2.32. The van der Waals surface area contributed by atoms with Gasteiger partial charge in [0.2, 0.25) is 11.6 Å². The predicted octanol–water partition coefficient (Wildman–Crippen LogP) is 1.08. The highest BCUT2D eigenvalue weighted by molar-refractivity contribution is 6.28. The number of hydrogen-bond acceptors (Lipinski definition) is 4. The van der Waals surface area contributed by atoms with Crippen molar-refractivity contribution in [3.8, 4) is 0 Å². The van der Waals surface area contributed by atoms with Gasteiger partial charge in [-0.1, -0.05) is 19.8 Å². The van der Waals surface area contributed by atoms with E-state index in [0.29, 0.717) is 18.1 Å². The van der Waals surface area contributed by atoms with Crippen LogP contribution in [0, 0.1) is 0 Å². The fraction of sp³-hybridized carbons (Fsp3) is 0.600. The molecule has 0 radical (unpaired) electrons. The van der Waals surface area contributed by atoms with Crippen molar-refractivity contribution in [2.75, 3.05) is 11.4 Å². The average Bonchev–Trinajstić information content (AvgIpc) is 2.65. The first-order valence-corrected chi connectivity index (χ1v) is 6.02. The summed E-state index contributed by atoms with van der Waals surface area (Å²) in [5.41, 5.74) is 0.303. The number of carbonyl (C=O) groups is 1. The molecule has 17 heavy (non-hydrogen) atoms. The standard InChI is InChI=1S/C10H15ClN4O2/c1-2-3-4-5-15-7-6(12-9(11)13-7)8(16)14-10(15)17/h10,17H,2-5H2,1H3,(H,12,13)(H,14,16). The van der Waals surface area contributed by atoms with Gasteiger partial charge in [-0.15, -0.1) is 0 Å². The van der Waals surface area contributed by atoms with E-state index in [2.05, 4.69) is 22.2 Å². The summed E-state index contributed by atoms with van der Waals surface area (Å²) in [5, 5.41) is 12.4. The van der Waals surface area contributed by atoms with E-state index in [1.165, 1.54) is 0 Å². The first-order valence-electron chi connectivity index (χ1n) is 5.64. The zero-order valence-corrected chi connectivity index (χ0v) is 10.3. The van der Waals surface area contributed by atoms with Gasteiger partial charge < -0.3 is 20.3 Å². The molecule has 0 spiro atoms. The molecular formula is C10H15ClN4O2. The van der Waals surface area contributed by atoms with Crippen LogP contribution < -0.4 is 10.2 Å². The Hall–Kier alpha value is -1.27. The van der Waals surface area contributed by atoms with E-state index in [-0.39, 0.29) is 5.28 Å². The van der Waals surface area contributed by atoms with E-state index in [0.717, 1.165) is 19.3 Å². The second kappa shape index (κ2) is 4.93. The third kappa shape index (κ3) is 2.37. The third-order valence-corrected chi connectivity index (χ3v) is 2.89. The minimum absolute atomic E-state index is 0.153. The van der Waals surface area contributed by atoms with Crippen LogP contribution in [0.4, 0.5) is 5.82 Å². The molecule has 3 N–H and O–H groups in total. The minimum Gasteiger partial charge on any atom is -0.356 e. The Balaban J connectivity index is 2.20. The molecular weight excluding hydrogens is 244 g/mol. The molecule has 1 atom stereocenters. The number of aromatic nitrogens is 2. The molecule has 94 valence electrons. The number of nitrogens with one attached hydrogen (secondary N) is 2. The lowest BCUT2D eigenvalue weighted by atomic mass is 10.2. The van der Waals surface area contributed by atoms with Gasteiger partial charge in [0, 0.05) is 6.54 Å². The number of aliphatic hydroxyl groups is 1. The number of rotatable bonds is 4. The van der Waals surface area contributed by atoms with Crippen LogP contribution >= 0.6 is 11.6 Å². The number of carbonyl (C=O) groups excluding carboxylic acids is 1. The lowest BCUT2D eigenvalue weighted by molar-refractivity contribution is 0.0736. The normalized spacial score (nSPS) is 19.1. The first kappa shape index (κ1) is 12.2. The molecule has 1 unspecified atom stereocenters. The molecule has 2 rings (SSSR count). The van der Waals surface area contributed by atoms with Gasteiger partial charge >= 0.3 is 0 Å². The summed E-state index contributed by atoms with van der Waals surface area (Å²) in [6.45, 7) is 2.73. The van der Waals surface area contributed by atoms with Gasteiger partial charge in [-0.05, 0) is 18.0 Å². The van der Waals surface area contributed by atoms with Crippen molar-refractivity contribution in [3.05, 3.63) is 11.0 Å². The third-order valence-electron chi connectivity index (χ3n) is 2.71. The summed E-state index contributed by atoms with van der Waals surface area (Å²) in [5.74, 6) is 0.0287. The number of amides is 1. The molecule has 7 heteroatoms. The topological polar surface area (TPSA) is 81.2 Å². The molecule has 6 nitrogen and oxygen atoms in total. The highest BCUT2D eigenvalue weighted by Crippen LogP contribution is 2.25. The molecule has 1 aliphatic rings. The number of H-pyrrole nitrogens is 1. The van der Waals surface area contributed by atoms with Crippen LogP contribution in [-0.2, 0) is 0 Å². The number of hydrogen-bond donors (Lipinski definition) is 3. The summed E-state index contributed by atoms with van der Waals surface area (Å²) in [6.07, 6.45) is 2.04. The number of halogens is 1. The second-order valence-corrected chi connectivity index (χ2v) is 4.33. The van der Waals surface area contributed by atoms with Crippen LogP contribution in [0.5, 0.6) is 0 Å². The van der Waals surface area contributed by atoms with Crippen molar-refractivity contribution >= 4 is 23.3 Å². The number of aliphatic hydroxyl groups excluding tert-OH is 1. The summed E-state index contributed by atoms with van der Waals surface area (Å²) >= 11 is 5.74. The Morgan fingerprint density at radius 2 is 2.29 bits per heavy atom. The summed E-state index contributed by atoms with van der Waals surface area (Å²) in [4.78, 5) is 19.9. The van der Waals surface area contributed by atoms with Crippen molar-refractivity contribution in [2.45, 2.75) is 32.5 Å². The maximum Gasteiger partial charge on any atom is 0.275 e. The van der Waals surface area contributed by atoms with E-state index >= 15 is 0 Å². The molecule has 0 aliphatic carbocycles. The predicted molar refractivity (Wildman–Crippen MR) is 63.9 cm³/mol. The van der Waals surface area contributed by atoms with E-state index in [1.807, 2.05) is 0 Å². The zero-order chi connectivity index (χ0) is 12.4. The van der Waals surface area contributed by atoms with Crippen molar-refractivity contribution < 1.29 is 9.90 Å². The van der Waals surface area contributed by atoms with Crippen LogP contribution in [0.2, 0.25) is 5.28 Å². The SMILES string of the molecule is CCCCCN1c2nc(Cl)[nH]c2C(=O)NC1O. The maximum absolute atomic E-state index is 11.6. The van der Waals surface area contributed by atoms with Gasteiger partial charge in [-0.25, -0.2) is 0 Å². The van der Waals surface area contributed by atoms with Crippen molar-refractivity contribution in [3.63, 3.8) is 0 Å². The molecule has 1 aromatic heterocycles. The average molecular weight is 259 g/mol. The Morgan fingerprint density at radius 3 is 3.00 bits per heavy atom. The van der Waals surface area contributed by atoms with Gasteiger partial charge in [0.25, 0.3) is 5.91 Å². The lowest BCUT2D eigenvalue weighted by Crippen LogP contribution is -2.53. The number of nitrogens with zero attached hydrogens (tertiary/aromatic N) is 2. The number of imidazole rings is 1. The number of anilines is 1. The fourth-order valence-corrected chi connectivity index (χ4v) is 2.02. The van der Waals surface area contributed by atoms with Crippen LogP contribution in [0.1, 0.15) is 36.7 Å². The summed E-state index contributed by atoms with van der Waals surface area (Å²) < 4.78 is 0. The molecule has 0 aromatic carbocycles. The summed E-state index contributed by atoms with van der Waals surface area (Å²) in [7, 11) is 0. The maximum atomic E-state index is 11.6. The zero-order valence-electron chi connectivity index (χ0n) is 9.53. The Bertz CT molecular complexity index is 420. The largest absolute Gasteiger partial charge is 0.356 e. The van der Waals surface area contributed by atoms with Crippen molar-refractivity contribution in [1.82, 2.24) is 15.3 Å². The minimum atomic E-state index is -1.04. The smallest absolute Gasteiger partial charge is 0.275 e. The second-order valence-electron chi connectivity index (χ2n) is 3.97. The van der Waals surface area contributed by atoms with Gasteiger partial charge in [0.05, 0.1) is 0 Å². The molecule has 2 heterocycles. The summed E-state index contributed by atoms with van der Waals surface area (Å²) in [6, 6.07) is 0. The molecule has 0 bridgehead atoms. The van der Waals surface area contributed by atoms with E-state index < -0.39 is 12.3 Å². The molecule has 0 saturated carbocycles. The molecule has 1 amide bonds. The highest BCUT2D eigenvalue weighted by atomic mass is 35.5. The molecule has 0 saturated heterocycles. The Morgan fingerprint density at radius 1 is 1.53 bits per heavy atom. The quantitative estimate of drug-likeness (QED) is 0.706. The van der Waals surface area contributed by atoms with Gasteiger partial charge in [0.1, 0.15) is 5.69 Å². The lowest BCUT2D eigenvalue weighted by Gasteiger charge is -2.32. The number of unbranched alkanes of at least 4 members (excludes halogenated alkanes) is 2.